The Morgan fingerprint density at radius 1 is 1.20 bits per heavy atom. The molecule has 4 rings (SSSR count). The van der Waals surface area contributed by atoms with Gasteiger partial charge in [-0.25, -0.2) is 0 Å². The fourth-order valence-corrected chi connectivity index (χ4v) is 5.76. The molecule has 2 fully saturated rings. The first-order valence-corrected chi connectivity index (χ1v) is 14.7. The maximum absolute atomic E-state index is 14.1. The molecule has 1 aromatic carbocycles. The molecule has 15 heteroatoms. The summed E-state index contributed by atoms with van der Waals surface area (Å²) in [7, 11) is -8.61. The molecule has 9 nitrogen and oxygen atoms in total. The van der Waals surface area contributed by atoms with Crippen LogP contribution >= 0.6 is 10.2 Å². The summed E-state index contributed by atoms with van der Waals surface area (Å²) in [6.07, 6.45) is 5.07. The van der Waals surface area contributed by atoms with Gasteiger partial charge in [0.1, 0.15) is 17.0 Å². The fraction of sp³-hybridized carbons (Fsp3) is 0.462. The van der Waals surface area contributed by atoms with Crippen LogP contribution in [0, 0.1) is 11.5 Å². The van der Waals surface area contributed by atoms with E-state index >= 15 is 0 Å². The first-order chi connectivity index (χ1) is 19.1. The van der Waals surface area contributed by atoms with Gasteiger partial charge in [0.05, 0.1) is 18.8 Å². The molecule has 3 unspecified atom stereocenters. The number of nitrogens with one attached hydrogen (secondary N) is 1. The Labute approximate surface area is 233 Å². The smallest absolute Gasteiger partial charge is 0.310 e. The standard InChI is InChI=1S/C26H30F5N5O4S/c1-17-12-19(9-11-40-17)34-25(37)24(18-4-3-10-33-14-18)36(26(38)23-13-21(39-2)15-35(23)16-32)20-5-7-22(8-6-20)41(27,28,29,30)31/h3-8,10,14,17,19,21,23-24H,9,11-13,15H2,1-2H3,(H,34,37)/t17?,19?,21-,23-,24?/m1/s1. The van der Waals surface area contributed by atoms with E-state index in [0.29, 0.717) is 19.4 Å². The van der Waals surface area contributed by atoms with Crippen LogP contribution < -0.4 is 10.2 Å². The summed E-state index contributed by atoms with van der Waals surface area (Å²) in [4.78, 5) is 32.0. The van der Waals surface area contributed by atoms with E-state index in [1.165, 1.54) is 31.6 Å². The zero-order chi connectivity index (χ0) is 30.1. The van der Waals surface area contributed by atoms with Gasteiger partial charge in [0.25, 0.3) is 5.91 Å². The lowest BCUT2D eigenvalue weighted by atomic mass is 10.00. The number of benzene rings is 1. The van der Waals surface area contributed by atoms with Crippen LogP contribution in [0.3, 0.4) is 0 Å². The van der Waals surface area contributed by atoms with Crippen molar-refractivity contribution in [3.63, 3.8) is 0 Å². The molecule has 0 bridgehead atoms. The molecule has 2 amide bonds. The van der Waals surface area contributed by atoms with Crippen LogP contribution in [0.2, 0.25) is 0 Å². The first-order valence-electron chi connectivity index (χ1n) is 12.8. The number of amides is 2. The minimum Gasteiger partial charge on any atom is -0.379 e. The second-order valence-electron chi connectivity index (χ2n) is 10.1. The predicted octanol–water partition coefficient (Wildman–Crippen LogP) is 5.07. The van der Waals surface area contributed by atoms with Crippen molar-refractivity contribution in [2.75, 3.05) is 25.2 Å². The summed E-state index contributed by atoms with van der Waals surface area (Å²) in [6, 6.07) is 1.94. The summed E-state index contributed by atoms with van der Waals surface area (Å²) in [5.74, 6) is -1.46. The normalized spacial score (nSPS) is 25.4. The first kappa shape index (κ1) is 30.5. The number of carbonyl (C=O) groups excluding carboxylic acids is 2. The SMILES string of the molecule is CO[C@@H]1C[C@H](C(=O)N(c2ccc(S(F)(F)(F)(F)F)cc2)C(C(=O)NC2CCOC(C)C2)c2cccnc2)N(C#N)C1. The van der Waals surface area contributed by atoms with Crippen molar-refractivity contribution in [1.29, 1.82) is 5.26 Å². The molecular formula is C26H30F5N5O4S. The lowest BCUT2D eigenvalue weighted by Gasteiger charge is -2.41. The molecule has 5 atom stereocenters. The number of ether oxygens (including phenoxy) is 2. The van der Waals surface area contributed by atoms with E-state index in [4.69, 9.17) is 9.47 Å². The van der Waals surface area contributed by atoms with Gasteiger partial charge in [0.2, 0.25) is 5.91 Å². The van der Waals surface area contributed by atoms with Crippen LogP contribution in [0.1, 0.15) is 37.8 Å². The summed E-state index contributed by atoms with van der Waals surface area (Å²) in [5.41, 5.74) is -0.0243. The van der Waals surface area contributed by atoms with Gasteiger partial charge in [0.15, 0.2) is 6.19 Å². The lowest BCUT2D eigenvalue weighted by molar-refractivity contribution is -0.129. The third-order valence-corrected chi connectivity index (χ3v) is 8.31. The molecule has 2 aliphatic heterocycles. The number of pyridine rings is 1. The van der Waals surface area contributed by atoms with E-state index in [9.17, 15) is 34.3 Å². The Morgan fingerprint density at radius 3 is 2.46 bits per heavy atom. The average Bonchev–Trinajstić information content (AvgIpc) is 3.34. The fourth-order valence-electron chi connectivity index (χ4n) is 5.11. The molecule has 0 spiro atoms. The minimum absolute atomic E-state index is 0.0573. The maximum Gasteiger partial charge on any atom is 0.310 e. The van der Waals surface area contributed by atoms with Gasteiger partial charge in [-0.3, -0.25) is 24.4 Å². The number of hydrogen-bond acceptors (Lipinski definition) is 7. The van der Waals surface area contributed by atoms with Crippen LogP contribution in [0.5, 0.6) is 0 Å². The summed E-state index contributed by atoms with van der Waals surface area (Å²) < 4.78 is 78.3. The van der Waals surface area contributed by atoms with Crippen molar-refractivity contribution in [2.24, 2.45) is 0 Å². The second-order valence-corrected chi connectivity index (χ2v) is 12.5. The van der Waals surface area contributed by atoms with Crippen molar-refractivity contribution in [1.82, 2.24) is 15.2 Å². The van der Waals surface area contributed by atoms with E-state index in [1.54, 1.807) is 0 Å². The number of likely N-dealkylation sites (tertiary alicyclic amines) is 1. The highest BCUT2D eigenvalue weighted by molar-refractivity contribution is 8.45. The molecule has 3 heterocycles. The third kappa shape index (κ3) is 7.06. The van der Waals surface area contributed by atoms with Crippen molar-refractivity contribution in [3.8, 4) is 6.19 Å². The van der Waals surface area contributed by atoms with Crippen LogP contribution in [-0.4, -0.2) is 66.3 Å². The Kier molecular flexibility index (Phi) is 7.98. The molecule has 0 aliphatic carbocycles. The number of nitriles is 1. The zero-order valence-corrected chi connectivity index (χ0v) is 23.1. The monoisotopic (exact) mass is 603 g/mol. The van der Waals surface area contributed by atoms with E-state index in [1.807, 2.05) is 13.1 Å². The molecule has 2 aromatic rings. The van der Waals surface area contributed by atoms with Crippen molar-refractivity contribution in [3.05, 3.63) is 54.4 Å². The Hall–Kier alpha value is -3.48. The number of halogens is 5. The van der Waals surface area contributed by atoms with Gasteiger partial charge in [-0.2, -0.15) is 5.26 Å². The molecule has 0 radical (unpaired) electrons. The number of carbonyl (C=O) groups is 2. The zero-order valence-electron chi connectivity index (χ0n) is 22.3. The topological polar surface area (TPSA) is 108 Å². The number of rotatable bonds is 8. The molecule has 224 valence electrons. The number of methoxy groups -OCH3 is 1. The largest absolute Gasteiger partial charge is 0.379 e. The average molecular weight is 604 g/mol. The summed E-state index contributed by atoms with van der Waals surface area (Å²) in [6.45, 7) is 2.31. The Bertz CT molecular complexity index is 1310. The van der Waals surface area contributed by atoms with Crippen LogP contribution in [-0.2, 0) is 19.1 Å². The van der Waals surface area contributed by atoms with E-state index in [-0.39, 0.29) is 48.5 Å². The highest BCUT2D eigenvalue weighted by atomic mass is 32.5. The van der Waals surface area contributed by atoms with Crippen LogP contribution in [0.4, 0.5) is 25.1 Å². The van der Waals surface area contributed by atoms with Gasteiger partial charge in [0, 0.05) is 49.8 Å². The highest BCUT2D eigenvalue weighted by Crippen LogP contribution is 3.02. The Morgan fingerprint density at radius 2 is 1.90 bits per heavy atom. The van der Waals surface area contributed by atoms with Gasteiger partial charge in [-0.05, 0) is 50.1 Å². The third-order valence-electron chi connectivity index (χ3n) is 7.15. The predicted molar refractivity (Wildman–Crippen MR) is 140 cm³/mol. The minimum atomic E-state index is -10.0. The molecule has 2 aliphatic rings. The summed E-state index contributed by atoms with van der Waals surface area (Å²) >= 11 is 0. The van der Waals surface area contributed by atoms with Gasteiger partial charge >= 0.3 is 10.2 Å². The number of hydrogen-bond donors (Lipinski definition) is 1. The molecule has 1 aromatic heterocycles. The van der Waals surface area contributed by atoms with Crippen molar-refractivity contribution < 1.29 is 38.5 Å². The second kappa shape index (κ2) is 10.7. The van der Waals surface area contributed by atoms with Crippen molar-refractivity contribution in [2.45, 2.75) is 61.4 Å². The molecule has 2 saturated heterocycles. The summed E-state index contributed by atoms with van der Waals surface area (Å²) in [5, 5.41) is 12.6. The molecule has 41 heavy (non-hydrogen) atoms. The highest BCUT2D eigenvalue weighted by Gasteiger charge is 2.65. The molecule has 1 N–H and O–H groups in total. The molecule has 0 saturated carbocycles. The number of anilines is 1. The van der Waals surface area contributed by atoms with E-state index in [2.05, 4.69) is 10.3 Å². The van der Waals surface area contributed by atoms with Crippen LogP contribution in [0.25, 0.3) is 0 Å². The van der Waals surface area contributed by atoms with Gasteiger partial charge < -0.3 is 14.8 Å². The van der Waals surface area contributed by atoms with Gasteiger partial charge in [-0.15, -0.1) is 0 Å². The molecular weight excluding hydrogens is 573 g/mol. The number of aromatic nitrogens is 1. The van der Waals surface area contributed by atoms with E-state index < -0.39 is 45.1 Å². The quantitative estimate of drug-likeness (QED) is 0.332. The van der Waals surface area contributed by atoms with Gasteiger partial charge in [-0.1, -0.05) is 25.5 Å². The van der Waals surface area contributed by atoms with Crippen LogP contribution in [0.15, 0.2) is 53.7 Å². The lowest BCUT2D eigenvalue weighted by Crippen LogP contribution is -2.52. The maximum atomic E-state index is 14.1. The number of nitrogens with zero attached hydrogens (tertiary/aromatic N) is 4. The Balaban J connectivity index is 1.82. The van der Waals surface area contributed by atoms with Crippen molar-refractivity contribution >= 4 is 27.7 Å². The van der Waals surface area contributed by atoms with E-state index in [0.717, 1.165) is 21.9 Å².